The van der Waals surface area contributed by atoms with Gasteiger partial charge in [-0.15, -0.1) is 0 Å². The molecule has 0 aliphatic carbocycles. The fraction of sp³-hybridized carbons (Fsp3) is 0.263. The number of carbonyl (C=O) groups is 1. The van der Waals surface area contributed by atoms with Gasteiger partial charge in [0, 0.05) is 25.7 Å². The Bertz CT molecular complexity index is 976. The van der Waals surface area contributed by atoms with E-state index in [1.165, 1.54) is 17.0 Å². The Morgan fingerprint density at radius 2 is 1.79 bits per heavy atom. The minimum atomic E-state index is -3.73. The lowest BCUT2D eigenvalue weighted by Crippen LogP contribution is -2.42. The van der Waals surface area contributed by atoms with Crippen LogP contribution in [-0.4, -0.2) is 45.8 Å². The largest absolute Gasteiger partial charge is 0.352 e. The van der Waals surface area contributed by atoms with Gasteiger partial charge in [0.1, 0.15) is 0 Å². The average Bonchev–Trinajstić information content (AvgIpc) is 2.66. The highest BCUT2D eigenvalue weighted by Crippen LogP contribution is 2.11. The number of hydrogen-bond acceptors (Lipinski definition) is 4. The van der Waals surface area contributed by atoms with Crippen LogP contribution in [0.4, 0.5) is 0 Å². The number of likely N-dealkylation sites (N-methyl/N-ethyl adjacent to an activating group) is 1. The van der Waals surface area contributed by atoms with Gasteiger partial charge in [0.2, 0.25) is 15.9 Å². The predicted octanol–water partition coefficient (Wildman–Crippen LogP) is 1.31. The van der Waals surface area contributed by atoms with Crippen molar-refractivity contribution >= 4 is 33.5 Å². The third kappa shape index (κ3) is 7.72. The van der Waals surface area contributed by atoms with Crippen LogP contribution in [0.5, 0.6) is 0 Å². The van der Waals surface area contributed by atoms with Crippen molar-refractivity contribution in [1.82, 2.24) is 15.5 Å². The van der Waals surface area contributed by atoms with Crippen molar-refractivity contribution in [3.63, 3.8) is 0 Å². The van der Waals surface area contributed by atoms with E-state index in [-0.39, 0.29) is 17.3 Å². The maximum absolute atomic E-state index is 11.9. The van der Waals surface area contributed by atoms with Gasteiger partial charge in [0.25, 0.3) is 0 Å². The number of amides is 1. The first-order valence-corrected chi connectivity index (χ1v) is 10.7. The van der Waals surface area contributed by atoms with Crippen molar-refractivity contribution in [3.8, 4) is 0 Å². The third-order valence-electron chi connectivity index (χ3n) is 3.93. The average molecular weight is 438 g/mol. The Balaban J connectivity index is 2.07. The topological polar surface area (TPSA) is 117 Å². The predicted molar refractivity (Wildman–Crippen MR) is 114 cm³/mol. The Labute approximate surface area is 175 Å². The second-order valence-corrected chi connectivity index (χ2v) is 8.48. The van der Waals surface area contributed by atoms with Crippen molar-refractivity contribution < 1.29 is 13.2 Å². The summed E-state index contributed by atoms with van der Waals surface area (Å²) in [6.07, 6.45) is 0. The first kappa shape index (κ1) is 22.7. The van der Waals surface area contributed by atoms with Crippen LogP contribution in [0, 0.1) is 0 Å². The number of halogens is 1. The van der Waals surface area contributed by atoms with E-state index in [4.69, 9.17) is 16.7 Å². The zero-order valence-corrected chi connectivity index (χ0v) is 17.8. The highest BCUT2D eigenvalue weighted by molar-refractivity contribution is 7.89. The van der Waals surface area contributed by atoms with Crippen LogP contribution < -0.4 is 15.8 Å². The molecule has 2 aromatic carbocycles. The lowest BCUT2D eigenvalue weighted by atomic mass is 10.2. The summed E-state index contributed by atoms with van der Waals surface area (Å²) in [5.74, 6) is 0.343. The molecule has 156 valence electrons. The number of benzene rings is 2. The molecular weight excluding hydrogens is 414 g/mol. The fourth-order valence-corrected chi connectivity index (χ4v) is 3.01. The number of guanidine groups is 1. The number of rotatable bonds is 7. The van der Waals surface area contributed by atoms with E-state index in [2.05, 4.69) is 15.6 Å². The number of nitrogens with zero attached hydrogens (tertiary/aromatic N) is 2. The molecule has 0 saturated heterocycles. The quantitative estimate of drug-likeness (QED) is 0.446. The van der Waals surface area contributed by atoms with Crippen LogP contribution >= 0.6 is 11.6 Å². The number of aliphatic imine (C=N–C) groups is 1. The Kier molecular flexibility index (Phi) is 8.00. The lowest BCUT2D eigenvalue weighted by Gasteiger charge is -2.15. The number of nitrogens with two attached hydrogens (primary N) is 1. The van der Waals surface area contributed by atoms with E-state index in [0.29, 0.717) is 24.1 Å². The number of hydrogen-bond donors (Lipinski definition) is 3. The van der Waals surface area contributed by atoms with Gasteiger partial charge in [-0.3, -0.25) is 4.79 Å². The summed E-state index contributed by atoms with van der Waals surface area (Å²) < 4.78 is 22.7. The van der Waals surface area contributed by atoms with Crippen molar-refractivity contribution in [2.24, 2.45) is 10.1 Å². The summed E-state index contributed by atoms with van der Waals surface area (Å²) in [4.78, 5) is 17.9. The molecule has 2 aromatic rings. The van der Waals surface area contributed by atoms with E-state index in [1.54, 1.807) is 32.3 Å². The molecule has 0 unspecified atom stereocenters. The van der Waals surface area contributed by atoms with Gasteiger partial charge in [-0.2, -0.15) is 0 Å². The molecule has 0 atom stereocenters. The van der Waals surface area contributed by atoms with Crippen LogP contribution in [0.1, 0.15) is 11.1 Å². The van der Waals surface area contributed by atoms with E-state index in [1.807, 2.05) is 18.2 Å². The molecule has 0 spiro atoms. The highest BCUT2D eigenvalue weighted by Gasteiger charge is 2.08. The summed E-state index contributed by atoms with van der Waals surface area (Å²) in [6.45, 7) is 0.831. The van der Waals surface area contributed by atoms with Crippen molar-refractivity contribution in [1.29, 1.82) is 0 Å². The molecule has 0 heterocycles. The summed E-state index contributed by atoms with van der Waals surface area (Å²) >= 11 is 6.00. The highest BCUT2D eigenvalue weighted by atomic mass is 35.5. The zero-order chi connectivity index (χ0) is 21.4. The van der Waals surface area contributed by atoms with Gasteiger partial charge < -0.3 is 15.5 Å². The third-order valence-corrected chi connectivity index (χ3v) is 5.09. The molecule has 10 heteroatoms. The van der Waals surface area contributed by atoms with Crippen molar-refractivity contribution in [2.75, 3.05) is 20.6 Å². The number of primary sulfonamides is 1. The van der Waals surface area contributed by atoms with Crippen LogP contribution in [0.3, 0.4) is 0 Å². The van der Waals surface area contributed by atoms with Gasteiger partial charge in [-0.05, 0) is 35.4 Å². The summed E-state index contributed by atoms with van der Waals surface area (Å²) in [7, 11) is -0.382. The summed E-state index contributed by atoms with van der Waals surface area (Å²) in [5.41, 5.74) is 1.75. The molecule has 2 rings (SSSR count). The van der Waals surface area contributed by atoms with Gasteiger partial charge in [0.05, 0.1) is 18.0 Å². The summed E-state index contributed by atoms with van der Waals surface area (Å²) in [6, 6.07) is 13.6. The van der Waals surface area contributed by atoms with Crippen LogP contribution in [0.25, 0.3) is 0 Å². The van der Waals surface area contributed by atoms with E-state index < -0.39 is 10.0 Å². The minimum absolute atomic E-state index is 0.0470. The molecule has 0 bridgehead atoms. The second-order valence-electron chi connectivity index (χ2n) is 6.48. The lowest BCUT2D eigenvalue weighted by molar-refractivity contribution is -0.127. The maximum Gasteiger partial charge on any atom is 0.241 e. The summed E-state index contributed by atoms with van der Waals surface area (Å²) in [5, 5.41) is 11.9. The molecule has 1 amide bonds. The van der Waals surface area contributed by atoms with Crippen LogP contribution in [0.15, 0.2) is 58.4 Å². The molecule has 8 nitrogen and oxygen atoms in total. The fourth-order valence-electron chi connectivity index (χ4n) is 2.28. The smallest absolute Gasteiger partial charge is 0.241 e. The zero-order valence-electron chi connectivity index (χ0n) is 16.2. The first-order chi connectivity index (χ1) is 13.6. The van der Waals surface area contributed by atoms with Gasteiger partial charge >= 0.3 is 0 Å². The standard InChI is InChI=1S/C19H24ClN5O3S/c1-25(2)18(26)13-24-19(23-12-15-4-3-5-16(20)10-15)22-11-14-6-8-17(9-7-14)29(21,27)28/h3-10H,11-13H2,1-2H3,(H2,21,27,28)(H2,22,23,24). The minimum Gasteiger partial charge on any atom is -0.352 e. The van der Waals surface area contributed by atoms with Crippen LogP contribution in [0.2, 0.25) is 5.02 Å². The second kappa shape index (κ2) is 10.2. The van der Waals surface area contributed by atoms with Crippen molar-refractivity contribution in [3.05, 3.63) is 64.7 Å². The normalized spacial score (nSPS) is 11.8. The maximum atomic E-state index is 11.9. The molecule has 4 N–H and O–H groups in total. The molecule has 29 heavy (non-hydrogen) atoms. The number of sulfonamides is 1. The van der Waals surface area contributed by atoms with E-state index in [0.717, 1.165) is 11.1 Å². The first-order valence-electron chi connectivity index (χ1n) is 8.73. The molecule has 0 aromatic heterocycles. The van der Waals surface area contributed by atoms with Crippen LogP contribution in [-0.2, 0) is 27.9 Å². The molecule has 0 saturated carbocycles. The Morgan fingerprint density at radius 1 is 1.10 bits per heavy atom. The van der Waals surface area contributed by atoms with Crippen molar-refractivity contribution in [2.45, 2.75) is 18.0 Å². The van der Waals surface area contributed by atoms with Gasteiger partial charge in [-0.25, -0.2) is 18.5 Å². The molecule has 0 aliphatic heterocycles. The van der Waals surface area contributed by atoms with E-state index in [9.17, 15) is 13.2 Å². The van der Waals surface area contributed by atoms with Gasteiger partial charge in [-0.1, -0.05) is 35.9 Å². The Hall–Kier alpha value is -2.62. The molecular formula is C19H24ClN5O3S. The molecule has 0 fully saturated rings. The Morgan fingerprint density at radius 3 is 2.38 bits per heavy atom. The van der Waals surface area contributed by atoms with Gasteiger partial charge in [0.15, 0.2) is 5.96 Å². The number of carbonyl (C=O) groups excluding carboxylic acids is 1. The SMILES string of the molecule is CN(C)C(=O)CNC(=NCc1cccc(Cl)c1)NCc1ccc(S(N)(=O)=O)cc1. The monoisotopic (exact) mass is 437 g/mol. The number of nitrogens with one attached hydrogen (secondary N) is 2. The van der Waals surface area contributed by atoms with E-state index >= 15 is 0 Å². The molecule has 0 radical (unpaired) electrons. The molecule has 0 aliphatic rings.